The third kappa shape index (κ3) is 3.13. The third-order valence-corrected chi connectivity index (χ3v) is 2.61. The van der Waals surface area contributed by atoms with E-state index in [1.54, 1.807) is 17.8 Å². The van der Waals surface area contributed by atoms with Crippen LogP contribution in [-0.4, -0.2) is 23.3 Å². The fraction of sp³-hybridized carbons (Fsp3) is 0.400. The standard InChI is InChI=1S/C10H14N2O2S/c1-6(2)15-9-4-7(10(13)14-3)8(11)5-12-9/h4-6H,11H2,1-3H3. The summed E-state index contributed by atoms with van der Waals surface area (Å²) in [6.07, 6.45) is 1.48. The number of nitrogens with two attached hydrogens (primary N) is 1. The molecule has 0 aliphatic rings. The van der Waals surface area contributed by atoms with Crippen LogP contribution in [0.1, 0.15) is 24.2 Å². The number of hydrogen-bond donors (Lipinski definition) is 1. The monoisotopic (exact) mass is 226 g/mol. The van der Waals surface area contributed by atoms with Crippen molar-refractivity contribution in [2.24, 2.45) is 0 Å². The van der Waals surface area contributed by atoms with E-state index in [0.29, 0.717) is 16.5 Å². The molecule has 1 rings (SSSR count). The largest absolute Gasteiger partial charge is 0.465 e. The van der Waals surface area contributed by atoms with Gasteiger partial charge >= 0.3 is 5.97 Å². The molecule has 0 unspecified atom stereocenters. The highest BCUT2D eigenvalue weighted by Gasteiger charge is 2.12. The molecule has 0 saturated carbocycles. The molecule has 82 valence electrons. The molecule has 5 heteroatoms. The normalized spacial score (nSPS) is 10.4. The molecule has 0 aliphatic carbocycles. The summed E-state index contributed by atoms with van der Waals surface area (Å²) < 4.78 is 4.62. The average Bonchev–Trinajstić information content (AvgIpc) is 2.19. The number of hydrogen-bond acceptors (Lipinski definition) is 5. The number of nitrogens with zero attached hydrogens (tertiary/aromatic N) is 1. The minimum Gasteiger partial charge on any atom is -0.465 e. The number of aromatic nitrogens is 1. The number of carbonyl (C=O) groups excluding carboxylic acids is 1. The highest BCUT2D eigenvalue weighted by atomic mass is 32.2. The van der Waals surface area contributed by atoms with E-state index >= 15 is 0 Å². The lowest BCUT2D eigenvalue weighted by Crippen LogP contribution is -2.06. The molecule has 0 radical (unpaired) electrons. The summed E-state index contributed by atoms with van der Waals surface area (Å²) in [7, 11) is 1.33. The van der Waals surface area contributed by atoms with Crippen LogP contribution in [0.2, 0.25) is 0 Å². The van der Waals surface area contributed by atoms with E-state index in [2.05, 4.69) is 23.6 Å². The van der Waals surface area contributed by atoms with Crippen LogP contribution in [0.25, 0.3) is 0 Å². The Kier molecular flexibility index (Phi) is 3.96. The van der Waals surface area contributed by atoms with Crippen molar-refractivity contribution in [1.82, 2.24) is 4.98 Å². The van der Waals surface area contributed by atoms with Gasteiger partial charge in [-0.25, -0.2) is 9.78 Å². The minimum atomic E-state index is -0.430. The number of thioether (sulfide) groups is 1. The molecule has 0 fully saturated rings. The SMILES string of the molecule is COC(=O)c1cc(SC(C)C)ncc1N. The van der Waals surface area contributed by atoms with Crippen molar-refractivity contribution in [2.75, 3.05) is 12.8 Å². The molecule has 0 saturated heterocycles. The van der Waals surface area contributed by atoms with Crippen LogP contribution in [0.5, 0.6) is 0 Å². The van der Waals surface area contributed by atoms with E-state index < -0.39 is 5.97 Å². The molecule has 0 aromatic carbocycles. The molecule has 4 nitrogen and oxygen atoms in total. The molecule has 1 aromatic heterocycles. The Bertz CT molecular complexity index is 366. The summed E-state index contributed by atoms with van der Waals surface area (Å²) in [5.74, 6) is -0.430. The summed E-state index contributed by atoms with van der Waals surface area (Å²) in [5, 5.41) is 1.19. The van der Waals surface area contributed by atoms with Crippen LogP contribution in [-0.2, 0) is 4.74 Å². The van der Waals surface area contributed by atoms with Crippen molar-refractivity contribution in [2.45, 2.75) is 24.1 Å². The van der Waals surface area contributed by atoms with Crippen molar-refractivity contribution in [3.63, 3.8) is 0 Å². The van der Waals surface area contributed by atoms with Gasteiger partial charge in [-0.05, 0) is 6.07 Å². The molecule has 0 spiro atoms. The first-order valence-electron chi connectivity index (χ1n) is 4.55. The van der Waals surface area contributed by atoms with Crippen LogP contribution in [0, 0.1) is 0 Å². The van der Waals surface area contributed by atoms with Gasteiger partial charge in [0.1, 0.15) is 0 Å². The molecular formula is C10H14N2O2S. The smallest absolute Gasteiger partial charge is 0.340 e. The van der Waals surface area contributed by atoms with Gasteiger partial charge in [-0.15, -0.1) is 11.8 Å². The van der Waals surface area contributed by atoms with Crippen molar-refractivity contribution in [3.05, 3.63) is 17.8 Å². The second kappa shape index (κ2) is 5.02. The Morgan fingerprint density at radius 1 is 1.60 bits per heavy atom. The van der Waals surface area contributed by atoms with Gasteiger partial charge in [0.05, 0.1) is 29.6 Å². The number of nitrogen functional groups attached to an aromatic ring is 1. The zero-order chi connectivity index (χ0) is 11.4. The Labute approximate surface area is 93.2 Å². The zero-order valence-electron chi connectivity index (χ0n) is 8.98. The van der Waals surface area contributed by atoms with Gasteiger partial charge in [-0.3, -0.25) is 0 Å². The maximum atomic E-state index is 11.3. The van der Waals surface area contributed by atoms with Crippen LogP contribution >= 0.6 is 11.8 Å². The highest BCUT2D eigenvalue weighted by Crippen LogP contribution is 2.23. The van der Waals surface area contributed by atoms with Crippen molar-refractivity contribution in [3.8, 4) is 0 Å². The number of pyridine rings is 1. The van der Waals surface area contributed by atoms with Crippen molar-refractivity contribution < 1.29 is 9.53 Å². The van der Waals surface area contributed by atoms with Gasteiger partial charge < -0.3 is 10.5 Å². The van der Waals surface area contributed by atoms with E-state index in [-0.39, 0.29) is 0 Å². The molecular weight excluding hydrogens is 212 g/mol. The van der Waals surface area contributed by atoms with E-state index in [4.69, 9.17) is 5.73 Å². The Morgan fingerprint density at radius 3 is 2.80 bits per heavy atom. The summed E-state index contributed by atoms with van der Waals surface area (Å²) in [4.78, 5) is 15.5. The number of esters is 1. The fourth-order valence-corrected chi connectivity index (χ4v) is 1.82. The Hall–Kier alpha value is -1.23. The summed E-state index contributed by atoms with van der Waals surface area (Å²) >= 11 is 1.57. The van der Waals surface area contributed by atoms with Gasteiger partial charge in [-0.1, -0.05) is 13.8 Å². The molecule has 15 heavy (non-hydrogen) atoms. The van der Waals surface area contributed by atoms with Crippen LogP contribution < -0.4 is 5.73 Å². The van der Waals surface area contributed by atoms with Crippen LogP contribution in [0.15, 0.2) is 17.3 Å². The van der Waals surface area contributed by atoms with Crippen molar-refractivity contribution >= 4 is 23.4 Å². The molecule has 2 N–H and O–H groups in total. The third-order valence-electron chi connectivity index (χ3n) is 1.67. The molecule has 0 amide bonds. The number of methoxy groups -OCH3 is 1. The van der Waals surface area contributed by atoms with Crippen molar-refractivity contribution in [1.29, 1.82) is 0 Å². The average molecular weight is 226 g/mol. The minimum absolute atomic E-state index is 0.343. The van der Waals surface area contributed by atoms with Gasteiger partial charge in [-0.2, -0.15) is 0 Å². The number of rotatable bonds is 3. The quantitative estimate of drug-likeness (QED) is 0.630. The van der Waals surface area contributed by atoms with E-state index in [1.807, 2.05) is 0 Å². The molecule has 0 aliphatic heterocycles. The number of carbonyl (C=O) groups is 1. The predicted octanol–water partition coefficient (Wildman–Crippen LogP) is 1.95. The second-order valence-corrected chi connectivity index (χ2v) is 4.86. The fourth-order valence-electron chi connectivity index (χ4n) is 1.04. The first-order valence-corrected chi connectivity index (χ1v) is 5.43. The second-order valence-electron chi connectivity index (χ2n) is 3.27. The van der Waals surface area contributed by atoms with Gasteiger partial charge in [0.25, 0.3) is 0 Å². The lowest BCUT2D eigenvalue weighted by molar-refractivity contribution is 0.0601. The first-order chi connectivity index (χ1) is 7.04. The lowest BCUT2D eigenvalue weighted by atomic mass is 10.2. The summed E-state index contributed by atoms with van der Waals surface area (Å²) in [6, 6.07) is 1.66. The van der Waals surface area contributed by atoms with E-state index in [1.165, 1.54) is 13.3 Å². The molecule has 1 aromatic rings. The van der Waals surface area contributed by atoms with E-state index in [9.17, 15) is 4.79 Å². The zero-order valence-corrected chi connectivity index (χ0v) is 9.80. The number of anilines is 1. The Morgan fingerprint density at radius 2 is 2.27 bits per heavy atom. The molecule has 1 heterocycles. The molecule has 0 atom stereocenters. The lowest BCUT2D eigenvalue weighted by Gasteiger charge is -2.07. The van der Waals surface area contributed by atoms with Gasteiger partial charge in [0, 0.05) is 5.25 Å². The summed E-state index contributed by atoms with van der Waals surface area (Å²) in [6.45, 7) is 4.11. The summed E-state index contributed by atoms with van der Waals surface area (Å²) in [5.41, 5.74) is 6.34. The van der Waals surface area contributed by atoms with Gasteiger partial charge in [0.15, 0.2) is 0 Å². The number of ether oxygens (including phenoxy) is 1. The topological polar surface area (TPSA) is 65.2 Å². The van der Waals surface area contributed by atoms with Crippen LogP contribution in [0.4, 0.5) is 5.69 Å². The van der Waals surface area contributed by atoms with E-state index in [0.717, 1.165) is 5.03 Å². The Balaban J connectivity index is 3.00. The maximum absolute atomic E-state index is 11.3. The molecule has 0 bridgehead atoms. The predicted molar refractivity (Wildman–Crippen MR) is 61.0 cm³/mol. The first kappa shape index (κ1) is 11.8. The van der Waals surface area contributed by atoms with Crippen LogP contribution in [0.3, 0.4) is 0 Å². The maximum Gasteiger partial charge on any atom is 0.340 e. The van der Waals surface area contributed by atoms with Gasteiger partial charge in [0.2, 0.25) is 0 Å². The highest BCUT2D eigenvalue weighted by molar-refractivity contribution is 7.99.